The molecule has 0 fully saturated rings. The Morgan fingerprint density at radius 1 is 0.812 bits per heavy atom. The number of ether oxygens (including phenoxy) is 1. The Bertz CT molecular complexity index is 1000. The van der Waals surface area contributed by atoms with Crippen LogP contribution < -0.4 is 10.6 Å². The van der Waals surface area contributed by atoms with Gasteiger partial charge in [0.25, 0.3) is 0 Å². The number of rotatable bonds is 11. The second kappa shape index (κ2) is 12.4. The van der Waals surface area contributed by atoms with Crippen molar-refractivity contribution < 1.29 is 14.3 Å². The number of amides is 2. The van der Waals surface area contributed by atoms with Gasteiger partial charge in [-0.3, -0.25) is 9.59 Å². The molecule has 5 nitrogen and oxygen atoms in total. The zero-order valence-corrected chi connectivity index (χ0v) is 18.5. The summed E-state index contributed by atoms with van der Waals surface area (Å²) in [5.74, 6) is -0.165. The third-order valence-electron chi connectivity index (χ3n) is 5.03. The average molecular weight is 431 g/mol. The van der Waals surface area contributed by atoms with Crippen molar-refractivity contribution in [1.82, 2.24) is 5.32 Å². The van der Waals surface area contributed by atoms with Gasteiger partial charge in [-0.25, -0.2) is 0 Å². The number of hydrogen-bond acceptors (Lipinski definition) is 3. The fraction of sp³-hybridized carbons (Fsp3) is 0.259. The number of hydrogen-bond donors (Lipinski definition) is 2. The molecule has 2 amide bonds. The van der Waals surface area contributed by atoms with Crippen molar-refractivity contribution in [1.29, 1.82) is 0 Å². The lowest BCUT2D eigenvalue weighted by Gasteiger charge is -2.09. The van der Waals surface area contributed by atoms with E-state index in [0.717, 1.165) is 28.8 Å². The molecule has 5 heteroatoms. The molecule has 32 heavy (non-hydrogen) atoms. The van der Waals surface area contributed by atoms with E-state index in [9.17, 15) is 9.59 Å². The summed E-state index contributed by atoms with van der Waals surface area (Å²) in [5.41, 5.74) is 5.21. The third kappa shape index (κ3) is 8.00. The van der Waals surface area contributed by atoms with E-state index in [2.05, 4.69) is 10.6 Å². The Labute approximate surface area is 189 Å². The van der Waals surface area contributed by atoms with Crippen molar-refractivity contribution in [2.45, 2.75) is 32.8 Å². The van der Waals surface area contributed by atoms with Gasteiger partial charge in [-0.15, -0.1) is 0 Å². The monoisotopic (exact) mass is 430 g/mol. The van der Waals surface area contributed by atoms with Crippen LogP contribution in [0.1, 0.15) is 30.4 Å². The molecule has 0 aliphatic carbocycles. The third-order valence-corrected chi connectivity index (χ3v) is 5.03. The van der Waals surface area contributed by atoms with Crippen molar-refractivity contribution in [3.8, 4) is 11.1 Å². The van der Waals surface area contributed by atoms with Crippen molar-refractivity contribution in [2.75, 3.05) is 18.5 Å². The summed E-state index contributed by atoms with van der Waals surface area (Å²) in [6.45, 7) is 3.01. The molecule has 0 bridgehead atoms. The number of carbonyl (C=O) groups is 2. The molecule has 0 saturated heterocycles. The highest BCUT2D eigenvalue weighted by molar-refractivity contribution is 5.91. The Kier molecular flexibility index (Phi) is 9.02. The van der Waals surface area contributed by atoms with E-state index < -0.39 is 0 Å². The fourth-order valence-corrected chi connectivity index (χ4v) is 3.27. The molecule has 0 spiro atoms. The molecule has 0 atom stereocenters. The first-order chi connectivity index (χ1) is 15.6. The number of nitrogens with one attached hydrogen (secondary N) is 2. The topological polar surface area (TPSA) is 67.4 Å². The summed E-state index contributed by atoms with van der Waals surface area (Å²) in [7, 11) is 0. The van der Waals surface area contributed by atoms with Crippen molar-refractivity contribution >= 4 is 17.5 Å². The zero-order chi connectivity index (χ0) is 22.6. The molecule has 3 rings (SSSR count). The zero-order valence-electron chi connectivity index (χ0n) is 18.5. The Hall–Kier alpha value is -3.44. The second-order valence-electron chi connectivity index (χ2n) is 7.78. The lowest BCUT2D eigenvalue weighted by Crippen LogP contribution is -2.28. The molecule has 0 radical (unpaired) electrons. The van der Waals surface area contributed by atoms with Gasteiger partial charge in [0.2, 0.25) is 11.8 Å². The van der Waals surface area contributed by atoms with E-state index in [0.29, 0.717) is 26.0 Å². The Morgan fingerprint density at radius 2 is 1.56 bits per heavy atom. The molecule has 2 N–H and O–H groups in total. The van der Waals surface area contributed by atoms with Crippen LogP contribution in [0.2, 0.25) is 0 Å². The maximum absolute atomic E-state index is 12.2. The van der Waals surface area contributed by atoms with Crippen molar-refractivity contribution in [3.05, 3.63) is 90.0 Å². The molecule has 0 aromatic heterocycles. The number of aryl methyl sites for hydroxylation is 1. The van der Waals surface area contributed by atoms with Crippen LogP contribution in [0.5, 0.6) is 0 Å². The highest BCUT2D eigenvalue weighted by Crippen LogP contribution is 2.22. The number of carbonyl (C=O) groups excluding carboxylic acids is 2. The van der Waals surface area contributed by atoms with Gasteiger partial charge in [-0.05, 0) is 48.6 Å². The molecule has 0 aliphatic heterocycles. The van der Waals surface area contributed by atoms with Crippen LogP contribution in [0.3, 0.4) is 0 Å². The van der Waals surface area contributed by atoms with Crippen LogP contribution in [0, 0.1) is 6.92 Å². The van der Waals surface area contributed by atoms with E-state index in [4.69, 9.17) is 4.74 Å². The SMILES string of the molecule is Cc1ccc(COCC(=O)NCCCCC(=O)Nc2cccc(-c3ccccc3)c2)cc1. The van der Waals surface area contributed by atoms with Gasteiger partial charge >= 0.3 is 0 Å². The molecular weight excluding hydrogens is 400 g/mol. The first-order valence-electron chi connectivity index (χ1n) is 11.0. The van der Waals surface area contributed by atoms with Crippen LogP contribution in [0.15, 0.2) is 78.9 Å². The smallest absolute Gasteiger partial charge is 0.246 e. The summed E-state index contributed by atoms with van der Waals surface area (Å²) in [6.07, 6.45) is 1.85. The van der Waals surface area contributed by atoms with Crippen LogP contribution in [-0.2, 0) is 20.9 Å². The number of benzene rings is 3. The van der Waals surface area contributed by atoms with Crippen LogP contribution in [-0.4, -0.2) is 25.0 Å². The summed E-state index contributed by atoms with van der Waals surface area (Å²) in [4.78, 5) is 24.1. The van der Waals surface area contributed by atoms with Gasteiger partial charge in [0, 0.05) is 18.7 Å². The molecule has 166 valence electrons. The minimum Gasteiger partial charge on any atom is -0.367 e. The molecule has 0 heterocycles. The summed E-state index contributed by atoms with van der Waals surface area (Å²) in [6, 6.07) is 25.9. The predicted molar refractivity (Wildman–Crippen MR) is 128 cm³/mol. The lowest BCUT2D eigenvalue weighted by atomic mass is 10.1. The molecular formula is C27H30N2O3. The largest absolute Gasteiger partial charge is 0.367 e. The quantitative estimate of drug-likeness (QED) is 0.416. The molecule has 3 aromatic carbocycles. The Balaban J connectivity index is 1.28. The molecule has 0 unspecified atom stereocenters. The van der Waals surface area contributed by atoms with Gasteiger partial charge in [-0.2, -0.15) is 0 Å². The maximum atomic E-state index is 12.2. The summed E-state index contributed by atoms with van der Waals surface area (Å²) >= 11 is 0. The first kappa shape index (κ1) is 23.2. The highest BCUT2D eigenvalue weighted by Gasteiger charge is 2.05. The predicted octanol–water partition coefficient (Wildman–Crippen LogP) is 5.10. The van der Waals surface area contributed by atoms with E-state index in [1.54, 1.807) is 0 Å². The van der Waals surface area contributed by atoms with Gasteiger partial charge < -0.3 is 15.4 Å². The second-order valence-corrected chi connectivity index (χ2v) is 7.78. The van der Waals surface area contributed by atoms with Crippen molar-refractivity contribution in [2.24, 2.45) is 0 Å². The minimum absolute atomic E-state index is 0.0250. The minimum atomic E-state index is -0.140. The van der Waals surface area contributed by atoms with Gasteiger partial charge in [0.1, 0.15) is 6.61 Å². The first-order valence-corrected chi connectivity index (χ1v) is 11.0. The fourth-order valence-electron chi connectivity index (χ4n) is 3.27. The van der Waals surface area contributed by atoms with Crippen LogP contribution in [0.25, 0.3) is 11.1 Å². The van der Waals surface area contributed by atoms with E-state index in [1.165, 1.54) is 5.56 Å². The van der Waals surface area contributed by atoms with Gasteiger partial charge in [0.15, 0.2) is 0 Å². The van der Waals surface area contributed by atoms with Crippen LogP contribution >= 0.6 is 0 Å². The average Bonchev–Trinajstić information content (AvgIpc) is 2.81. The summed E-state index contributed by atoms with van der Waals surface area (Å²) < 4.78 is 5.45. The van der Waals surface area contributed by atoms with Crippen LogP contribution in [0.4, 0.5) is 5.69 Å². The van der Waals surface area contributed by atoms with Gasteiger partial charge in [0.05, 0.1) is 6.61 Å². The lowest BCUT2D eigenvalue weighted by molar-refractivity contribution is -0.126. The summed E-state index contributed by atoms with van der Waals surface area (Å²) in [5, 5.41) is 5.78. The van der Waals surface area contributed by atoms with Crippen molar-refractivity contribution in [3.63, 3.8) is 0 Å². The molecule has 0 saturated carbocycles. The maximum Gasteiger partial charge on any atom is 0.246 e. The number of unbranched alkanes of at least 4 members (excludes halogenated alkanes) is 1. The van der Waals surface area contributed by atoms with E-state index in [-0.39, 0.29) is 18.4 Å². The van der Waals surface area contributed by atoms with E-state index in [1.807, 2.05) is 85.8 Å². The normalized spacial score (nSPS) is 10.5. The van der Waals surface area contributed by atoms with E-state index >= 15 is 0 Å². The highest BCUT2D eigenvalue weighted by atomic mass is 16.5. The standard InChI is InChI=1S/C27H30N2O3/c1-21-13-15-22(16-14-21)19-32-20-27(31)28-17-6-5-12-26(30)29-25-11-7-10-24(18-25)23-8-3-2-4-9-23/h2-4,7-11,13-16,18H,5-6,12,17,19-20H2,1H3,(H,28,31)(H,29,30). The molecule has 0 aliphatic rings. The Morgan fingerprint density at radius 3 is 2.34 bits per heavy atom. The molecule has 3 aromatic rings. The number of anilines is 1. The van der Waals surface area contributed by atoms with Gasteiger partial charge in [-0.1, -0.05) is 72.3 Å².